The third kappa shape index (κ3) is 3.17. The number of methoxy groups -OCH3 is 1. The molecule has 0 spiro atoms. The highest BCUT2D eigenvalue weighted by atomic mass is 16.6. The van der Waals surface area contributed by atoms with Gasteiger partial charge in [-0.15, -0.1) is 0 Å². The van der Waals surface area contributed by atoms with Gasteiger partial charge in [0.25, 0.3) is 11.8 Å². The molecule has 1 heterocycles. The number of rotatable bonds is 5. The van der Waals surface area contributed by atoms with E-state index in [0.29, 0.717) is 0 Å². The maximum absolute atomic E-state index is 11.1. The molecule has 82 valence electrons. The second kappa shape index (κ2) is 5.26. The van der Waals surface area contributed by atoms with Crippen molar-refractivity contribution in [3.8, 4) is 0 Å². The molecule has 0 aromatic rings. The van der Waals surface area contributed by atoms with Gasteiger partial charge in [-0.3, -0.25) is 19.3 Å². The van der Waals surface area contributed by atoms with Crippen molar-refractivity contribution < 1.29 is 23.9 Å². The fourth-order valence-corrected chi connectivity index (χ4v) is 1.00. The first-order valence-electron chi connectivity index (χ1n) is 4.33. The van der Waals surface area contributed by atoms with E-state index in [1.54, 1.807) is 0 Å². The summed E-state index contributed by atoms with van der Waals surface area (Å²) in [5, 5.41) is 0. The van der Waals surface area contributed by atoms with Crippen LogP contribution in [0, 0.1) is 0 Å². The Morgan fingerprint density at radius 2 is 1.87 bits per heavy atom. The third-order valence-electron chi connectivity index (χ3n) is 1.74. The zero-order valence-corrected chi connectivity index (χ0v) is 8.26. The van der Waals surface area contributed by atoms with Crippen LogP contribution in [0.4, 0.5) is 0 Å². The van der Waals surface area contributed by atoms with Crippen LogP contribution in [0.25, 0.3) is 0 Å². The van der Waals surface area contributed by atoms with Gasteiger partial charge in [-0.05, 0) is 0 Å². The van der Waals surface area contributed by atoms with Crippen LogP contribution in [-0.2, 0) is 23.9 Å². The number of nitrogens with zero attached hydrogens (tertiary/aromatic N) is 1. The maximum atomic E-state index is 11.1. The van der Waals surface area contributed by atoms with Crippen LogP contribution in [0.3, 0.4) is 0 Å². The molecule has 1 aliphatic rings. The van der Waals surface area contributed by atoms with Gasteiger partial charge in [-0.25, -0.2) is 0 Å². The molecule has 0 aromatic carbocycles. The number of esters is 1. The molecule has 0 atom stereocenters. The Morgan fingerprint density at radius 1 is 1.27 bits per heavy atom. The first-order valence-corrected chi connectivity index (χ1v) is 4.33. The zero-order valence-electron chi connectivity index (χ0n) is 8.26. The lowest BCUT2D eigenvalue weighted by Crippen LogP contribution is -2.36. The summed E-state index contributed by atoms with van der Waals surface area (Å²) >= 11 is 0. The maximum Gasteiger partial charge on any atom is 0.326 e. The Balaban J connectivity index is 2.32. The van der Waals surface area contributed by atoms with E-state index in [0.717, 1.165) is 17.1 Å². The minimum atomic E-state index is -0.627. The highest BCUT2D eigenvalue weighted by Crippen LogP contribution is 2.02. The molecule has 0 aliphatic carbocycles. The van der Waals surface area contributed by atoms with Crippen molar-refractivity contribution in [1.29, 1.82) is 0 Å². The Kier molecular flexibility index (Phi) is 3.99. The van der Waals surface area contributed by atoms with Gasteiger partial charge >= 0.3 is 5.97 Å². The van der Waals surface area contributed by atoms with Crippen molar-refractivity contribution in [2.75, 3.05) is 26.9 Å². The average molecular weight is 213 g/mol. The summed E-state index contributed by atoms with van der Waals surface area (Å²) in [5.74, 6) is -1.62. The van der Waals surface area contributed by atoms with E-state index in [2.05, 4.69) is 4.74 Å². The summed E-state index contributed by atoms with van der Waals surface area (Å²) in [7, 11) is 1.48. The fourth-order valence-electron chi connectivity index (χ4n) is 1.00. The van der Waals surface area contributed by atoms with Gasteiger partial charge < -0.3 is 9.47 Å². The molecule has 1 rings (SSSR count). The van der Waals surface area contributed by atoms with Crippen molar-refractivity contribution in [1.82, 2.24) is 4.90 Å². The largest absolute Gasteiger partial charge is 0.462 e. The molecule has 0 N–H and O–H groups in total. The molecular weight excluding hydrogens is 202 g/mol. The smallest absolute Gasteiger partial charge is 0.326 e. The molecule has 0 radical (unpaired) electrons. The van der Waals surface area contributed by atoms with Crippen LogP contribution in [0.2, 0.25) is 0 Å². The highest BCUT2D eigenvalue weighted by Gasteiger charge is 2.25. The molecule has 0 aromatic heterocycles. The number of carbonyl (C=O) groups excluding carboxylic acids is 3. The molecule has 0 saturated carbocycles. The van der Waals surface area contributed by atoms with Crippen LogP contribution in [0.1, 0.15) is 0 Å². The van der Waals surface area contributed by atoms with Crippen molar-refractivity contribution in [3.05, 3.63) is 12.2 Å². The van der Waals surface area contributed by atoms with Crippen LogP contribution in [-0.4, -0.2) is 49.6 Å². The number of hydrogen-bond donors (Lipinski definition) is 0. The van der Waals surface area contributed by atoms with Crippen molar-refractivity contribution in [3.63, 3.8) is 0 Å². The van der Waals surface area contributed by atoms with E-state index in [4.69, 9.17) is 4.74 Å². The average Bonchev–Trinajstić information content (AvgIpc) is 2.50. The molecule has 15 heavy (non-hydrogen) atoms. The Bertz CT molecular complexity index is 292. The summed E-state index contributed by atoms with van der Waals surface area (Å²) in [6, 6.07) is 0. The predicted molar refractivity (Wildman–Crippen MR) is 48.7 cm³/mol. The van der Waals surface area contributed by atoms with E-state index in [1.807, 2.05) is 0 Å². The topological polar surface area (TPSA) is 72.9 Å². The van der Waals surface area contributed by atoms with Gasteiger partial charge in [-0.1, -0.05) is 0 Å². The SMILES string of the molecule is COCCOC(=O)CN1C(=O)C=CC1=O. The first kappa shape index (κ1) is 11.4. The highest BCUT2D eigenvalue weighted by molar-refractivity contribution is 6.14. The molecule has 2 amide bonds. The van der Waals surface area contributed by atoms with E-state index in [1.165, 1.54) is 7.11 Å². The lowest BCUT2D eigenvalue weighted by Gasteiger charge is -2.12. The number of imide groups is 1. The van der Waals surface area contributed by atoms with Gasteiger partial charge in [0.05, 0.1) is 6.61 Å². The Morgan fingerprint density at radius 3 is 2.40 bits per heavy atom. The van der Waals surface area contributed by atoms with Crippen LogP contribution < -0.4 is 0 Å². The summed E-state index contributed by atoms with van der Waals surface area (Å²) in [6.45, 7) is 0.0409. The fraction of sp³-hybridized carbons (Fsp3) is 0.444. The van der Waals surface area contributed by atoms with Gasteiger partial charge in [0.2, 0.25) is 0 Å². The van der Waals surface area contributed by atoms with E-state index < -0.39 is 17.8 Å². The normalized spacial score (nSPS) is 14.9. The van der Waals surface area contributed by atoms with Crippen LogP contribution in [0.15, 0.2) is 12.2 Å². The van der Waals surface area contributed by atoms with E-state index in [9.17, 15) is 14.4 Å². The summed E-state index contributed by atoms with van der Waals surface area (Å²) in [6.07, 6.45) is 2.23. The summed E-state index contributed by atoms with van der Waals surface area (Å²) < 4.78 is 9.37. The Hall–Kier alpha value is -1.69. The van der Waals surface area contributed by atoms with Gasteiger partial charge in [0.1, 0.15) is 13.2 Å². The molecule has 1 aliphatic heterocycles. The van der Waals surface area contributed by atoms with Crippen molar-refractivity contribution >= 4 is 17.8 Å². The van der Waals surface area contributed by atoms with Gasteiger partial charge in [0.15, 0.2) is 0 Å². The minimum Gasteiger partial charge on any atom is -0.462 e. The third-order valence-corrected chi connectivity index (χ3v) is 1.74. The van der Waals surface area contributed by atoms with Crippen LogP contribution >= 0.6 is 0 Å². The molecule has 6 nitrogen and oxygen atoms in total. The van der Waals surface area contributed by atoms with Crippen molar-refractivity contribution in [2.45, 2.75) is 0 Å². The monoisotopic (exact) mass is 213 g/mol. The number of hydrogen-bond acceptors (Lipinski definition) is 5. The Labute approximate surface area is 86.4 Å². The summed E-state index contributed by atoms with van der Waals surface area (Å²) in [4.78, 5) is 34.0. The number of ether oxygens (including phenoxy) is 2. The number of amides is 2. The minimum absolute atomic E-state index is 0.110. The van der Waals surface area contributed by atoms with Crippen LogP contribution in [0.5, 0.6) is 0 Å². The molecular formula is C9H11NO5. The molecule has 0 unspecified atom stereocenters. The molecule has 0 bridgehead atoms. The number of carbonyl (C=O) groups is 3. The molecule has 0 fully saturated rings. The lowest BCUT2D eigenvalue weighted by atomic mass is 10.5. The summed E-state index contributed by atoms with van der Waals surface area (Å²) in [5.41, 5.74) is 0. The van der Waals surface area contributed by atoms with Crippen molar-refractivity contribution in [2.24, 2.45) is 0 Å². The molecule has 6 heteroatoms. The predicted octanol–water partition coefficient (Wildman–Crippen LogP) is -0.899. The standard InChI is InChI=1S/C9H11NO5/c1-14-4-5-15-9(13)6-10-7(11)2-3-8(10)12/h2-3H,4-6H2,1H3. The van der Waals surface area contributed by atoms with E-state index >= 15 is 0 Å². The van der Waals surface area contributed by atoms with Gasteiger partial charge in [-0.2, -0.15) is 0 Å². The second-order valence-corrected chi connectivity index (χ2v) is 2.81. The second-order valence-electron chi connectivity index (χ2n) is 2.81. The zero-order chi connectivity index (χ0) is 11.3. The lowest BCUT2D eigenvalue weighted by molar-refractivity contribution is -0.152. The first-order chi connectivity index (χ1) is 7.15. The van der Waals surface area contributed by atoms with Gasteiger partial charge in [0, 0.05) is 19.3 Å². The quantitative estimate of drug-likeness (QED) is 0.336. The van der Waals surface area contributed by atoms with E-state index in [-0.39, 0.29) is 19.8 Å². The molecule has 0 saturated heterocycles.